The molecule has 1 aromatic carbocycles. The number of nitrogens with zero attached hydrogens (tertiary/aromatic N) is 4. The zero-order valence-corrected chi connectivity index (χ0v) is 17.0. The maximum atomic E-state index is 12.8. The van der Waals surface area contributed by atoms with Crippen molar-refractivity contribution in [3.8, 4) is 0 Å². The number of carbonyl (C=O) groups is 1. The number of carbonyl (C=O) groups excluding carboxylic acids is 1. The Morgan fingerprint density at radius 3 is 2.68 bits per heavy atom. The van der Waals surface area contributed by atoms with Gasteiger partial charge in [-0.1, -0.05) is 19.1 Å². The zero-order valence-electron chi connectivity index (χ0n) is 16.1. The first-order valence-electron chi connectivity index (χ1n) is 8.99. The van der Waals surface area contributed by atoms with E-state index in [-0.39, 0.29) is 17.9 Å². The molecule has 0 aliphatic carbocycles. The third-order valence-corrected chi connectivity index (χ3v) is 5.49. The Morgan fingerprint density at radius 2 is 2.00 bits per heavy atom. The third kappa shape index (κ3) is 3.76. The Hall–Kier alpha value is -2.78. The Kier molecular flexibility index (Phi) is 5.76. The first-order chi connectivity index (χ1) is 13.3. The van der Waals surface area contributed by atoms with Gasteiger partial charge >= 0.3 is 5.69 Å². The van der Waals surface area contributed by atoms with E-state index in [1.807, 2.05) is 31.2 Å². The van der Waals surface area contributed by atoms with Crippen LogP contribution in [-0.2, 0) is 20.1 Å². The van der Waals surface area contributed by atoms with Crippen molar-refractivity contribution in [3.05, 3.63) is 55.7 Å². The summed E-state index contributed by atoms with van der Waals surface area (Å²) in [7, 11) is 3.14. The van der Waals surface area contributed by atoms with Crippen molar-refractivity contribution < 1.29 is 4.79 Å². The van der Waals surface area contributed by atoms with Gasteiger partial charge in [-0.05, 0) is 25.6 Å². The van der Waals surface area contributed by atoms with Gasteiger partial charge in [-0.25, -0.2) is 9.78 Å². The molecule has 0 aliphatic heterocycles. The first-order valence-corrected chi connectivity index (χ1v) is 9.80. The second-order valence-electron chi connectivity index (χ2n) is 6.73. The number of Topliss-reactive ketones (excluding diaryl/α,β-unsaturated/α-hetero) is 1. The molecule has 8 nitrogen and oxygen atoms in total. The lowest BCUT2D eigenvalue weighted by molar-refractivity contribution is 0.0941. The van der Waals surface area contributed by atoms with E-state index < -0.39 is 17.0 Å². The molecule has 0 radical (unpaired) electrons. The molecule has 0 amide bonds. The number of benzene rings is 1. The van der Waals surface area contributed by atoms with E-state index in [4.69, 9.17) is 5.73 Å². The van der Waals surface area contributed by atoms with Crippen LogP contribution in [0.3, 0.4) is 0 Å². The van der Waals surface area contributed by atoms with Crippen LogP contribution in [-0.4, -0.2) is 38.4 Å². The van der Waals surface area contributed by atoms with Crippen molar-refractivity contribution in [2.24, 2.45) is 7.05 Å². The van der Waals surface area contributed by atoms with Crippen molar-refractivity contribution in [3.63, 3.8) is 0 Å². The molecule has 2 heterocycles. The van der Waals surface area contributed by atoms with E-state index >= 15 is 0 Å². The quantitative estimate of drug-likeness (QED) is 0.601. The van der Waals surface area contributed by atoms with Crippen LogP contribution >= 0.6 is 11.3 Å². The number of nitrogens with two attached hydrogens (primary N) is 1. The fraction of sp³-hybridized carbons (Fsp3) is 0.368. The van der Waals surface area contributed by atoms with E-state index in [0.29, 0.717) is 19.5 Å². The summed E-state index contributed by atoms with van der Waals surface area (Å²) in [4.78, 5) is 43.9. The van der Waals surface area contributed by atoms with E-state index in [1.54, 1.807) is 23.3 Å². The van der Waals surface area contributed by atoms with Gasteiger partial charge in [0.15, 0.2) is 5.78 Å². The second-order valence-corrected chi connectivity index (χ2v) is 7.84. The molecule has 9 heteroatoms. The number of aromatic nitrogens is 3. The highest BCUT2D eigenvalue weighted by Crippen LogP contribution is 2.22. The van der Waals surface area contributed by atoms with Crippen LogP contribution in [0.5, 0.6) is 0 Å². The summed E-state index contributed by atoms with van der Waals surface area (Å²) >= 11 is 1.57. The summed E-state index contributed by atoms with van der Waals surface area (Å²) in [6.07, 6.45) is 0.660. The SMILES string of the molecule is CCCn1c(N)c(C(=O)CN(C)Cc2nc3ccccc3s2)c(=O)n(C)c1=O. The van der Waals surface area contributed by atoms with Gasteiger partial charge in [-0.3, -0.25) is 23.6 Å². The second kappa shape index (κ2) is 8.07. The van der Waals surface area contributed by atoms with Gasteiger partial charge < -0.3 is 5.73 Å². The lowest BCUT2D eigenvalue weighted by Gasteiger charge is -2.17. The van der Waals surface area contributed by atoms with Crippen LogP contribution in [0.2, 0.25) is 0 Å². The largest absolute Gasteiger partial charge is 0.384 e. The van der Waals surface area contributed by atoms with Gasteiger partial charge in [0.05, 0.1) is 23.3 Å². The molecule has 0 atom stereocenters. The molecule has 0 fully saturated rings. The van der Waals surface area contributed by atoms with Crippen molar-refractivity contribution >= 4 is 33.2 Å². The fourth-order valence-corrected chi connectivity index (χ4v) is 4.13. The Bertz CT molecular complexity index is 1110. The average Bonchev–Trinajstić information content (AvgIpc) is 3.05. The molecule has 3 rings (SSSR count). The summed E-state index contributed by atoms with van der Waals surface area (Å²) in [5.41, 5.74) is 5.64. The average molecular weight is 401 g/mol. The Labute approximate surface area is 165 Å². The molecule has 0 unspecified atom stereocenters. The van der Waals surface area contributed by atoms with Gasteiger partial charge in [0, 0.05) is 13.6 Å². The number of thiazole rings is 1. The van der Waals surface area contributed by atoms with Crippen molar-refractivity contribution in [2.45, 2.75) is 26.4 Å². The van der Waals surface area contributed by atoms with Gasteiger partial charge in [-0.2, -0.15) is 0 Å². The molecule has 28 heavy (non-hydrogen) atoms. The molecule has 0 spiro atoms. The van der Waals surface area contributed by atoms with Crippen molar-refractivity contribution in [2.75, 3.05) is 19.3 Å². The molecule has 0 aliphatic rings. The summed E-state index contributed by atoms with van der Waals surface area (Å²) in [6, 6.07) is 7.84. The number of likely N-dealkylation sites (N-methyl/N-ethyl adjacent to an activating group) is 1. The van der Waals surface area contributed by atoms with Crippen LogP contribution in [0.1, 0.15) is 28.7 Å². The molecule has 2 aromatic heterocycles. The normalized spacial score (nSPS) is 11.4. The number of anilines is 1. The summed E-state index contributed by atoms with van der Waals surface area (Å²) in [6.45, 7) is 2.71. The topological polar surface area (TPSA) is 103 Å². The molecule has 2 N–H and O–H groups in total. The summed E-state index contributed by atoms with van der Waals surface area (Å²) in [5, 5.41) is 0.883. The van der Waals surface area contributed by atoms with Crippen LogP contribution in [0, 0.1) is 0 Å². The van der Waals surface area contributed by atoms with E-state index in [9.17, 15) is 14.4 Å². The summed E-state index contributed by atoms with van der Waals surface area (Å²) in [5.74, 6) is -0.472. The van der Waals surface area contributed by atoms with Gasteiger partial charge in [0.2, 0.25) is 0 Å². The van der Waals surface area contributed by atoms with Gasteiger partial charge in [0.25, 0.3) is 5.56 Å². The van der Waals surface area contributed by atoms with Crippen LogP contribution in [0.25, 0.3) is 10.2 Å². The standard InChI is InChI=1S/C19H23N5O3S/c1-4-9-24-17(20)16(18(26)23(3)19(24)27)13(25)10-22(2)11-15-21-12-7-5-6-8-14(12)28-15/h5-8H,4,9-11,20H2,1-3H3. The monoisotopic (exact) mass is 401 g/mol. The molecule has 0 bridgehead atoms. The van der Waals surface area contributed by atoms with Crippen LogP contribution in [0.4, 0.5) is 5.82 Å². The predicted molar refractivity (Wildman–Crippen MR) is 111 cm³/mol. The lowest BCUT2D eigenvalue weighted by atomic mass is 10.1. The van der Waals surface area contributed by atoms with Gasteiger partial charge in [-0.15, -0.1) is 11.3 Å². The minimum absolute atomic E-state index is 0.000304. The highest BCUT2D eigenvalue weighted by Gasteiger charge is 2.22. The van der Waals surface area contributed by atoms with Crippen LogP contribution < -0.4 is 17.0 Å². The van der Waals surface area contributed by atoms with E-state index in [2.05, 4.69) is 4.98 Å². The molecule has 0 saturated carbocycles. The number of fused-ring (bicyclic) bond motifs is 1. The minimum atomic E-state index is -0.659. The first kappa shape index (κ1) is 20.0. The van der Waals surface area contributed by atoms with Crippen LogP contribution in [0.15, 0.2) is 33.9 Å². The maximum Gasteiger partial charge on any atom is 0.332 e. The zero-order chi connectivity index (χ0) is 20.4. The predicted octanol–water partition coefficient (Wildman–Crippen LogP) is 1.46. The molecule has 0 saturated heterocycles. The highest BCUT2D eigenvalue weighted by molar-refractivity contribution is 7.18. The lowest BCUT2D eigenvalue weighted by Crippen LogP contribution is -2.43. The Balaban J connectivity index is 1.84. The number of para-hydroxylation sites is 1. The minimum Gasteiger partial charge on any atom is -0.384 e. The molecule has 3 aromatic rings. The Morgan fingerprint density at radius 1 is 1.29 bits per heavy atom. The fourth-order valence-electron chi connectivity index (χ4n) is 3.08. The van der Waals surface area contributed by atoms with Crippen molar-refractivity contribution in [1.82, 2.24) is 19.0 Å². The van der Waals surface area contributed by atoms with Crippen molar-refractivity contribution in [1.29, 1.82) is 0 Å². The number of ketones is 1. The number of hydrogen-bond acceptors (Lipinski definition) is 7. The van der Waals surface area contributed by atoms with E-state index in [0.717, 1.165) is 19.8 Å². The molecular weight excluding hydrogens is 378 g/mol. The van der Waals surface area contributed by atoms with E-state index in [1.165, 1.54) is 11.6 Å². The highest BCUT2D eigenvalue weighted by atomic mass is 32.1. The molecular formula is C19H23N5O3S. The maximum absolute atomic E-state index is 12.8. The number of nitrogen functional groups attached to an aromatic ring is 1. The number of hydrogen-bond donors (Lipinski definition) is 1. The third-order valence-electron chi connectivity index (χ3n) is 4.47. The number of rotatable bonds is 7. The smallest absolute Gasteiger partial charge is 0.332 e. The molecule has 148 valence electrons. The van der Waals surface area contributed by atoms with Gasteiger partial charge in [0.1, 0.15) is 16.4 Å². The summed E-state index contributed by atoms with van der Waals surface area (Å²) < 4.78 is 3.30.